The van der Waals surface area contributed by atoms with Crippen LogP contribution in [0.1, 0.15) is 11.1 Å². The average molecular weight is 335 g/mol. The number of anilines is 2. The summed E-state index contributed by atoms with van der Waals surface area (Å²) in [6.45, 7) is 5.39. The minimum atomic E-state index is -0.00157. The molecule has 1 N–H and O–H groups in total. The minimum absolute atomic E-state index is 0.00157. The molecule has 25 heavy (non-hydrogen) atoms. The van der Waals surface area contributed by atoms with Gasteiger partial charge in [0, 0.05) is 38.1 Å². The van der Waals surface area contributed by atoms with Gasteiger partial charge in [-0.1, -0.05) is 18.2 Å². The highest BCUT2D eigenvalue weighted by molar-refractivity contribution is 5.92. The summed E-state index contributed by atoms with van der Waals surface area (Å²) < 4.78 is 0. The van der Waals surface area contributed by atoms with Crippen LogP contribution in [0, 0.1) is 18.3 Å². The van der Waals surface area contributed by atoms with Crippen LogP contribution >= 0.6 is 0 Å². The van der Waals surface area contributed by atoms with Crippen LogP contribution in [-0.4, -0.2) is 48.5 Å². The van der Waals surface area contributed by atoms with Crippen molar-refractivity contribution in [3.63, 3.8) is 0 Å². The third-order valence-corrected chi connectivity index (χ3v) is 4.37. The van der Waals surface area contributed by atoms with E-state index in [1.165, 1.54) is 0 Å². The topological polar surface area (TPSA) is 72.3 Å². The summed E-state index contributed by atoms with van der Waals surface area (Å²) in [5.74, 6) is 0.729. The second kappa shape index (κ2) is 7.77. The third kappa shape index (κ3) is 4.14. The number of para-hydroxylation sites is 1. The molecule has 6 heteroatoms. The molecule has 0 bridgehead atoms. The first-order chi connectivity index (χ1) is 12.2. The van der Waals surface area contributed by atoms with Crippen molar-refractivity contribution >= 4 is 17.4 Å². The summed E-state index contributed by atoms with van der Waals surface area (Å²) in [7, 11) is 0. The van der Waals surface area contributed by atoms with Gasteiger partial charge in [-0.25, -0.2) is 4.98 Å². The lowest BCUT2D eigenvalue weighted by molar-refractivity contribution is -0.117. The monoisotopic (exact) mass is 335 g/mol. The Bertz CT molecular complexity index is 790. The van der Waals surface area contributed by atoms with Gasteiger partial charge in [-0.3, -0.25) is 9.69 Å². The highest BCUT2D eigenvalue weighted by Gasteiger charge is 2.21. The predicted molar refractivity (Wildman–Crippen MR) is 97.4 cm³/mol. The molecule has 1 aromatic carbocycles. The molecule has 1 saturated heterocycles. The number of pyridine rings is 1. The maximum absolute atomic E-state index is 12.3. The Morgan fingerprint density at radius 3 is 2.68 bits per heavy atom. The van der Waals surface area contributed by atoms with Crippen LogP contribution < -0.4 is 10.2 Å². The van der Waals surface area contributed by atoms with E-state index in [0.29, 0.717) is 12.1 Å². The molecule has 128 valence electrons. The Balaban J connectivity index is 1.53. The van der Waals surface area contributed by atoms with E-state index in [4.69, 9.17) is 0 Å². The lowest BCUT2D eigenvalue weighted by atomic mass is 10.2. The van der Waals surface area contributed by atoms with Crippen LogP contribution in [-0.2, 0) is 4.79 Å². The molecule has 0 saturated carbocycles. The molecule has 1 fully saturated rings. The number of benzene rings is 1. The Morgan fingerprint density at radius 2 is 1.96 bits per heavy atom. The molecule has 3 rings (SSSR count). The van der Waals surface area contributed by atoms with Crippen LogP contribution in [0.15, 0.2) is 42.6 Å². The van der Waals surface area contributed by atoms with Crippen molar-refractivity contribution in [3.8, 4) is 6.07 Å². The van der Waals surface area contributed by atoms with E-state index in [0.717, 1.165) is 43.2 Å². The molecular weight excluding hydrogens is 314 g/mol. The van der Waals surface area contributed by atoms with Gasteiger partial charge in [-0.2, -0.15) is 5.26 Å². The largest absolute Gasteiger partial charge is 0.353 e. The van der Waals surface area contributed by atoms with E-state index in [-0.39, 0.29) is 5.91 Å². The van der Waals surface area contributed by atoms with E-state index in [1.54, 1.807) is 18.3 Å². The number of nitrogens with one attached hydrogen (secondary N) is 1. The van der Waals surface area contributed by atoms with Crippen LogP contribution in [0.25, 0.3) is 0 Å². The zero-order valence-electron chi connectivity index (χ0n) is 14.3. The molecule has 0 spiro atoms. The molecular formula is C19H21N5O. The van der Waals surface area contributed by atoms with Crippen LogP contribution in [0.2, 0.25) is 0 Å². The number of carbonyl (C=O) groups is 1. The van der Waals surface area contributed by atoms with Crippen LogP contribution in [0.5, 0.6) is 0 Å². The first kappa shape index (κ1) is 16.9. The summed E-state index contributed by atoms with van der Waals surface area (Å²) >= 11 is 0. The number of piperazine rings is 1. The zero-order chi connectivity index (χ0) is 17.6. The number of nitrogens with zero attached hydrogens (tertiary/aromatic N) is 4. The van der Waals surface area contributed by atoms with E-state index >= 15 is 0 Å². The maximum Gasteiger partial charge on any atom is 0.238 e. The summed E-state index contributed by atoms with van der Waals surface area (Å²) in [5, 5.41) is 12.2. The van der Waals surface area contributed by atoms with Crippen LogP contribution in [0.3, 0.4) is 0 Å². The number of amides is 1. The van der Waals surface area contributed by atoms with Gasteiger partial charge in [0.2, 0.25) is 5.91 Å². The van der Waals surface area contributed by atoms with Crippen molar-refractivity contribution in [1.29, 1.82) is 5.26 Å². The number of nitriles is 1. The Kier molecular flexibility index (Phi) is 5.26. The fourth-order valence-electron chi connectivity index (χ4n) is 2.96. The highest BCUT2D eigenvalue weighted by atomic mass is 16.2. The average Bonchev–Trinajstić information content (AvgIpc) is 2.64. The maximum atomic E-state index is 12.3. The highest BCUT2D eigenvalue weighted by Crippen LogP contribution is 2.18. The van der Waals surface area contributed by atoms with Gasteiger partial charge in [-0.15, -0.1) is 0 Å². The van der Waals surface area contributed by atoms with Crippen molar-refractivity contribution in [2.75, 3.05) is 42.9 Å². The Labute approximate surface area is 147 Å². The second-order valence-corrected chi connectivity index (χ2v) is 6.11. The molecule has 0 aliphatic carbocycles. The Morgan fingerprint density at radius 1 is 1.20 bits per heavy atom. The van der Waals surface area contributed by atoms with E-state index in [2.05, 4.69) is 26.2 Å². The van der Waals surface area contributed by atoms with Crippen molar-refractivity contribution in [2.45, 2.75) is 6.92 Å². The molecule has 0 unspecified atom stereocenters. The van der Waals surface area contributed by atoms with Gasteiger partial charge >= 0.3 is 0 Å². The fraction of sp³-hybridized carbons (Fsp3) is 0.316. The summed E-state index contributed by atoms with van der Waals surface area (Å²) in [6, 6.07) is 13.5. The first-order valence-corrected chi connectivity index (χ1v) is 8.35. The van der Waals surface area contributed by atoms with Gasteiger partial charge in [-0.05, 0) is 30.7 Å². The smallest absolute Gasteiger partial charge is 0.238 e. The molecule has 0 radical (unpaired) electrons. The van der Waals surface area contributed by atoms with E-state index < -0.39 is 0 Å². The van der Waals surface area contributed by atoms with Gasteiger partial charge in [0.1, 0.15) is 11.9 Å². The molecule has 1 amide bonds. The number of aryl methyl sites for hydroxylation is 1. The van der Waals surface area contributed by atoms with Crippen molar-refractivity contribution in [2.24, 2.45) is 0 Å². The predicted octanol–water partition coefficient (Wildman–Crippen LogP) is 2.02. The number of hydrogen-bond donors (Lipinski definition) is 1. The van der Waals surface area contributed by atoms with Gasteiger partial charge in [0.05, 0.1) is 12.1 Å². The number of aromatic nitrogens is 1. The normalized spacial score (nSPS) is 14.8. The molecule has 1 aliphatic rings. The molecule has 0 atom stereocenters. The van der Waals surface area contributed by atoms with Gasteiger partial charge in [0.15, 0.2) is 0 Å². The number of carbonyl (C=O) groups excluding carboxylic acids is 1. The summed E-state index contributed by atoms with van der Waals surface area (Å²) in [5.41, 5.74) is 2.51. The zero-order valence-corrected chi connectivity index (χ0v) is 14.3. The fourth-order valence-corrected chi connectivity index (χ4v) is 2.96. The SMILES string of the molecule is Cc1ccccc1NC(=O)CN1CCN(c2ncccc2C#N)CC1. The minimum Gasteiger partial charge on any atom is -0.353 e. The molecule has 2 aromatic rings. The molecule has 1 aliphatic heterocycles. The van der Waals surface area contributed by atoms with E-state index in [9.17, 15) is 10.1 Å². The summed E-state index contributed by atoms with van der Waals surface area (Å²) in [6.07, 6.45) is 1.71. The Hall–Kier alpha value is -2.91. The lowest BCUT2D eigenvalue weighted by Crippen LogP contribution is -2.49. The number of rotatable bonds is 4. The second-order valence-electron chi connectivity index (χ2n) is 6.11. The summed E-state index contributed by atoms with van der Waals surface area (Å²) in [4.78, 5) is 20.8. The lowest BCUT2D eigenvalue weighted by Gasteiger charge is -2.35. The van der Waals surface area contributed by atoms with Gasteiger partial charge in [0.25, 0.3) is 0 Å². The standard InChI is InChI=1S/C19H21N5O/c1-15-5-2-3-7-17(15)22-18(25)14-23-9-11-24(12-10-23)19-16(13-20)6-4-8-21-19/h2-8H,9-12,14H2,1H3,(H,22,25). The van der Waals surface area contributed by atoms with Crippen molar-refractivity contribution in [3.05, 3.63) is 53.7 Å². The molecule has 1 aromatic heterocycles. The van der Waals surface area contributed by atoms with Crippen LogP contribution in [0.4, 0.5) is 11.5 Å². The molecule has 6 nitrogen and oxygen atoms in total. The number of hydrogen-bond acceptors (Lipinski definition) is 5. The van der Waals surface area contributed by atoms with E-state index in [1.807, 2.05) is 31.2 Å². The quantitative estimate of drug-likeness (QED) is 0.925. The molecule has 2 heterocycles. The first-order valence-electron chi connectivity index (χ1n) is 8.35. The van der Waals surface area contributed by atoms with Gasteiger partial charge < -0.3 is 10.2 Å². The van der Waals surface area contributed by atoms with Crippen molar-refractivity contribution < 1.29 is 4.79 Å². The third-order valence-electron chi connectivity index (χ3n) is 4.37. The van der Waals surface area contributed by atoms with Crippen molar-refractivity contribution in [1.82, 2.24) is 9.88 Å².